The van der Waals surface area contributed by atoms with Crippen molar-refractivity contribution in [2.24, 2.45) is 0 Å². The van der Waals surface area contributed by atoms with Crippen molar-refractivity contribution in [3.63, 3.8) is 0 Å². The average Bonchev–Trinajstić information content (AvgIpc) is 3.08. The first-order valence-electron chi connectivity index (χ1n) is 8.45. The van der Waals surface area contributed by atoms with Crippen molar-refractivity contribution in [2.75, 3.05) is 18.4 Å². The van der Waals surface area contributed by atoms with Gasteiger partial charge in [-0.25, -0.2) is 0 Å². The summed E-state index contributed by atoms with van der Waals surface area (Å²) in [5.41, 5.74) is 2.13. The predicted octanol–water partition coefficient (Wildman–Crippen LogP) is 4.05. The topological polar surface area (TPSA) is 110 Å². The van der Waals surface area contributed by atoms with Crippen LogP contribution in [0.1, 0.15) is 16.1 Å². The van der Waals surface area contributed by atoms with E-state index in [2.05, 4.69) is 15.8 Å². The summed E-state index contributed by atoms with van der Waals surface area (Å²) in [6, 6.07) is 13.5. The molecule has 0 unspecified atom stereocenters. The van der Waals surface area contributed by atoms with Crippen LogP contribution in [-0.2, 0) is 0 Å². The number of hydrogen-bond donors (Lipinski definition) is 2. The van der Waals surface area contributed by atoms with Crippen LogP contribution in [0.2, 0.25) is 5.02 Å². The van der Waals surface area contributed by atoms with Gasteiger partial charge >= 0.3 is 0 Å². The lowest BCUT2D eigenvalue weighted by Crippen LogP contribution is -2.29. The molecule has 0 radical (unpaired) electrons. The van der Waals surface area contributed by atoms with Gasteiger partial charge in [0.15, 0.2) is 0 Å². The summed E-state index contributed by atoms with van der Waals surface area (Å²) in [5.74, 6) is 0.136. The zero-order chi connectivity index (χ0) is 20.1. The first kappa shape index (κ1) is 19.4. The Labute approximate surface area is 165 Å². The van der Waals surface area contributed by atoms with E-state index in [0.29, 0.717) is 35.8 Å². The number of benzene rings is 2. The van der Waals surface area contributed by atoms with Gasteiger partial charge in [0.25, 0.3) is 11.6 Å². The second-order valence-corrected chi connectivity index (χ2v) is 6.34. The van der Waals surface area contributed by atoms with E-state index in [4.69, 9.17) is 16.1 Å². The van der Waals surface area contributed by atoms with Crippen LogP contribution in [0.25, 0.3) is 11.3 Å². The Morgan fingerprint density at radius 3 is 2.64 bits per heavy atom. The Kier molecular flexibility index (Phi) is 5.90. The van der Waals surface area contributed by atoms with E-state index >= 15 is 0 Å². The van der Waals surface area contributed by atoms with Crippen molar-refractivity contribution in [3.05, 3.63) is 75.0 Å². The smallest absolute Gasteiger partial charge is 0.271 e. The van der Waals surface area contributed by atoms with Crippen LogP contribution in [0, 0.1) is 17.0 Å². The summed E-state index contributed by atoms with van der Waals surface area (Å²) in [6.45, 7) is 2.38. The number of nitro groups is 1. The Morgan fingerprint density at radius 1 is 1.21 bits per heavy atom. The second-order valence-electron chi connectivity index (χ2n) is 5.93. The van der Waals surface area contributed by atoms with Crippen LogP contribution in [0.4, 0.5) is 11.4 Å². The Balaban J connectivity index is 1.60. The molecule has 0 aliphatic carbocycles. The molecule has 8 nitrogen and oxygen atoms in total. The third kappa shape index (κ3) is 4.29. The second kappa shape index (κ2) is 8.53. The van der Waals surface area contributed by atoms with Gasteiger partial charge in [-0.05, 0) is 13.0 Å². The Morgan fingerprint density at radius 2 is 1.96 bits per heavy atom. The van der Waals surface area contributed by atoms with Crippen molar-refractivity contribution >= 4 is 28.9 Å². The molecule has 0 aliphatic heterocycles. The number of carbonyl (C=O) groups is 1. The lowest BCUT2D eigenvalue weighted by atomic mass is 10.1. The van der Waals surface area contributed by atoms with Crippen molar-refractivity contribution in [2.45, 2.75) is 6.92 Å². The average molecular weight is 401 g/mol. The van der Waals surface area contributed by atoms with Gasteiger partial charge in [-0.15, -0.1) is 0 Å². The van der Waals surface area contributed by atoms with E-state index < -0.39 is 4.92 Å². The monoisotopic (exact) mass is 400 g/mol. The summed E-state index contributed by atoms with van der Waals surface area (Å²) in [7, 11) is 0. The van der Waals surface area contributed by atoms with Crippen LogP contribution in [0.3, 0.4) is 0 Å². The molecule has 9 heteroatoms. The lowest BCUT2D eigenvalue weighted by Gasteiger charge is -2.09. The van der Waals surface area contributed by atoms with E-state index in [1.54, 1.807) is 6.92 Å². The molecule has 0 spiro atoms. The number of aromatic nitrogens is 1. The molecule has 3 rings (SSSR count). The third-order valence-corrected chi connectivity index (χ3v) is 4.34. The number of carbonyl (C=O) groups excluding carboxylic acids is 1. The molecule has 3 aromatic rings. The van der Waals surface area contributed by atoms with Gasteiger partial charge in [0, 0.05) is 30.8 Å². The first-order chi connectivity index (χ1) is 13.5. The normalized spacial score (nSPS) is 10.5. The standard InChI is InChI=1S/C19H17ClN4O4/c1-12-17(18(23-28-12)13-5-3-2-4-6-13)19(25)22-10-9-21-16-8-7-14(24(26)27)11-15(16)20/h2-8,11,21H,9-10H2,1H3,(H,22,25). The minimum absolute atomic E-state index is 0.0831. The van der Waals surface area contributed by atoms with Crippen LogP contribution in [0.15, 0.2) is 53.1 Å². The first-order valence-corrected chi connectivity index (χ1v) is 8.83. The van der Waals surface area contributed by atoms with Gasteiger partial charge < -0.3 is 15.2 Å². The molecule has 0 saturated carbocycles. The fourth-order valence-corrected chi connectivity index (χ4v) is 2.90. The molecule has 144 valence electrons. The number of rotatable bonds is 7. The summed E-state index contributed by atoms with van der Waals surface area (Å²) >= 11 is 6.03. The number of non-ortho nitro benzene ring substituents is 1. The fourth-order valence-electron chi connectivity index (χ4n) is 2.66. The number of aryl methyl sites for hydroxylation is 1. The van der Waals surface area contributed by atoms with Crippen LogP contribution >= 0.6 is 11.6 Å². The van der Waals surface area contributed by atoms with Gasteiger partial charge in [-0.3, -0.25) is 14.9 Å². The van der Waals surface area contributed by atoms with Gasteiger partial charge in [0.1, 0.15) is 17.0 Å². The summed E-state index contributed by atoms with van der Waals surface area (Å²) in [5, 5.41) is 20.8. The fraction of sp³-hybridized carbons (Fsp3) is 0.158. The molecular weight excluding hydrogens is 384 g/mol. The van der Waals surface area contributed by atoms with Crippen LogP contribution in [-0.4, -0.2) is 29.1 Å². The number of anilines is 1. The molecule has 0 fully saturated rings. The van der Waals surface area contributed by atoms with E-state index in [1.807, 2.05) is 30.3 Å². The number of hydrogen-bond acceptors (Lipinski definition) is 6. The molecular formula is C19H17ClN4O4. The Bertz CT molecular complexity index is 1000. The highest BCUT2D eigenvalue weighted by molar-refractivity contribution is 6.33. The number of amides is 1. The Hall–Kier alpha value is -3.39. The maximum Gasteiger partial charge on any atom is 0.271 e. The van der Waals surface area contributed by atoms with Crippen molar-refractivity contribution in [1.82, 2.24) is 10.5 Å². The summed E-state index contributed by atoms with van der Waals surface area (Å²) < 4.78 is 5.19. The zero-order valence-electron chi connectivity index (χ0n) is 14.9. The summed E-state index contributed by atoms with van der Waals surface area (Å²) in [6.07, 6.45) is 0. The van der Waals surface area contributed by atoms with Crippen LogP contribution in [0.5, 0.6) is 0 Å². The van der Waals surface area contributed by atoms with Gasteiger partial charge in [0.2, 0.25) is 0 Å². The molecule has 0 aliphatic rings. The third-order valence-electron chi connectivity index (χ3n) is 4.03. The lowest BCUT2D eigenvalue weighted by molar-refractivity contribution is -0.384. The van der Waals surface area contributed by atoms with Crippen molar-refractivity contribution < 1.29 is 14.2 Å². The van der Waals surface area contributed by atoms with E-state index in [9.17, 15) is 14.9 Å². The number of nitro benzene ring substituents is 1. The van der Waals surface area contributed by atoms with E-state index in [0.717, 1.165) is 5.56 Å². The highest BCUT2D eigenvalue weighted by Gasteiger charge is 2.21. The molecule has 28 heavy (non-hydrogen) atoms. The van der Waals surface area contributed by atoms with Crippen molar-refractivity contribution in [1.29, 1.82) is 0 Å². The molecule has 1 aromatic heterocycles. The minimum atomic E-state index is -0.512. The summed E-state index contributed by atoms with van der Waals surface area (Å²) in [4.78, 5) is 22.8. The zero-order valence-corrected chi connectivity index (χ0v) is 15.7. The SMILES string of the molecule is Cc1onc(-c2ccccc2)c1C(=O)NCCNc1ccc([N+](=O)[O-])cc1Cl. The minimum Gasteiger partial charge on any atom is -0.382 e. The predicted molar refractivity (Wildman–Crippen MR) is 106 cm³/mol. The maximum absolute atomic E-state index is 12.6. The molecule has 1 heterocycles. The highest BCUT2D eigenvalue weighted by atomic mass is 35.5. The van der Waals surface area contributed by atoms with Gasteiger partial charge in [-0.2, -0.15) is 0 Å². The van der Waals surface area contributed by atoms with Crippen molar-refractivity contribution in [3.8, 4) is 11.3 Å². The highest BCUT2D eigenvalue weighted by Crippen LogP contribution is 2.27. The number of nitrogens with one attached hydrogen (secondary N) is 2. The quantitative estimate of drug-likeness (QED) is 0.351. The van der Waals surface area contributed by atoms with Crippen LogP contribution < -0.4 is 10.6 Å². The van der Waals surface area contributed by atoms with E-state index in [-0.39, 0.29) is 16.6 Å². The molecule has 2 aromatic carbocycles. The molecule has 0 bridgehead atoms. The number of halogens is 1. The molecule has 1 amide bonds. The molecule has 0 saturated heterocycles. The molecule has 0 atom stereocenters. The van der Waals surface area contributed by atoms with E-state index in [1.165, 1.54) is 18.2 Å². The van der Waals surface area contributed by atoms with Gasteiger partial charge in [0.05, 0.1) is 15.6 Å². The van der Waals surface area contributed by atoms with Gasteiger partial charge in [-0.1, -0.05) is 47.1 Å². The molecule has 2 N–H and O–H groups in total. The largest absolute Gasteiger partial charge is 0.382 e. The number of nitrogens with zero attached hydrogens (tertiary/aromatic N) is 2. The maximum atomic E-state index is 12.6.